The summed E-state index contributed by atoms with van der Waals surface area (Å²) < 4.78 is 0. The van der Waals surface area contributed by atoms with Gasteiger partial charge in [-0.25, -0.2) is 0 Å². The minimum atomic E-state index is 0.676. The SMILES string of the molecule is O=Cc1ccc(N2CCC(c3ccc(Cl)cc3)=N2)cc1. The lowest BCUT2D eigenvalue weighted by Gasteiger charge is -2.13. The van der Waals surface area contributed by atoms with Crippen molar-refractivity contribution in [3.05, 3.63) is 64.7 Å². The molecule has 3 rings (SSSR count). The minimum Gasteiger partial charge on any atom is -0.298 e. The summed E-state index contributed by atoms with van der Waals surface area (Å²) in [5.74, 6) is 0. The Kier molecular flexibility index (Phi) is 3.52. The van der Waals surface area contributed by atoms with Gasteiger partial charge in [0.1, 0.15) is 6.29 Å². The van der Waals surface area contributed by atoms with Gasteiger partial charge in [-0.15, -0.1) is 0 Å². The van der Waals surface area contributed by atoms with Crippen molar-refractivity contribution in [2.45, 2.75) is 6.42 Å². The number of carbonyl (C=O) groups is 1. The number of hydrogen-bond acceptors (Lipinski definition) is 3. The Morgan fingerprint density at radius 2 is 1.75 bits per heavy atom. The Labute approximate surface area is 122 Å². The average Bonchev–Trinajstić information content (AvgIpc) is 2.98. The van der Waals surface area contributed by atoms with Crippen LogP contribution in [0.1, 0.15) is 22.3 Å². The van der Waals surface area contributed by atoms with Crippen LogP contribution in [0, 0.1) is 0 Å². The van der Waals surface area contributed by atoms with E-state index in [2.05, 4.69) is 5.10 Å². The molecule has 1 aliphatic rings. The van der Waals surface area contributed by atoms with Crippen molar-refractivity contribution < 1.29 is 4.79 Å². The van der Waals surface area contributed by atoms with Gasteiger partial charge < -0.3 is 0 Å². The molecule has 0 bridgehead atoms. The van der Waals surface area contributed by atoms with E-state index in [1.165, 1.54) is 0 Å². The highest BCUT2D eigenvalue weighted by Gasteiger charge is 2.17. The molecule has 0 radical (unpaired) electrons. The van der Waals surface area contributed by atoms with Gasteiger partial charge in [0.2, 0.25) is 0 Å². The molecule has 1 aliphatic heterocycles. The highest BCUT2D eigenvalue weighted by atomic mass is 35.5. The average molecular weight is 285 g/mol. The van der Waals surface area contributed by atoms with E-state index in [1.807, 2.05) is 41.4 Å². The number of aldehydes is 1. The second kappa shape index (κ2) is 5.47. The molecule has 0 aliphatic carbocycles. The maximum atomic E-state index is 10.7. The van der Waals surface area contributed by atoms with Crippen molar-refractivity contribution in [3.63, 3.8) is 0 Å². The number of hydrogen-bond donors (Lipinski definition) is 0. The summed E-state index contributed by atoms with van der Waals surface area (Å²) in [5, 5.41) is 7.32. The maximum Gasteiger partial charge on any atom is 0.150 e. The van der Waals surface area contributed by atoms with E-state index in [-0.39, 0.29) is 0 Å². The number of rotatable bonds is 3. The quantitative estimate of drug-likeness (QED) is 0.804. The number of hydrazone groups is 1. The van der Waals surface area contributed by atoms with Crippen LogP contribution >= 0.6 is 11.6 Å². The third kappa shape index (κ3) is 2.58. The Morgan fingerprint density at radius 3 is 2.40 bits per heavy atom. The molecule has 0 aromatic heterocycles. The first-order valence-corrected chi connectivity index (χ1v) is 6.80. The van der Waals surface area contributed by atoms with Crippen molar-refractivity contribution in [2.24, 2.45) is 5.10 Å². The van der Waals surface area contributed by atoms with E-state index in [0.717, 1.165) is 41.2 Å². The first-order valence-electron chi connectivity index (χ1n) is 6.42. The van der Waals surface area contributed by atoms with Gasteiger partial charge in [-0.1, -0.05) is 23.7 Å². The maximum absolute atomic E-state index is 10.7. The summed E-state index contributed by atoms with van der Waals surface area (Å²) in [6.07, 6.45) is 1.74. The fourth-order valence-corrected chi connectivity index (χ4v) is 2.34. The highest BCUT2D eigenvalue weighted by Crippen LogP contribution is 2.22. The minimum absolute atomic E-state index is 0.676. The van der Waals surface area contributed by atoms with E-state index in [4.69, 9.17) is 11.6 Å². The van der Waals surface area contributed by atoms with Crippen LogP contribution in [0.25, 0.3) is 0 Å². The Morgan fingerprint density at radius 1 is 1.05 bits per heavy atom. The van der Waals surface area contributed by atoms with Crippen molar-refractivity contribution in [1.82, 2.24) is 0 Å². The summed E-state index contributed by atoms with van der Waals surface area (Å²) in [5.41, 5.74) is 3.83. The molecule has 0 fully saturated rings. The molecule has 2 aromatic carbocycles. The molecular formula is C16H13ClN2O. The molecule has 3 nitrogen and oxygen atoms in total. The van der Waals surface area contributed by atoms with Crippen LogP contribution in [0.4, 0.5) is 5.69 Å². The van der Waals surface area contributed by atoms with Crippen LogP contribution in [0.15, 0.2) is 53.6 Å². The monoisotopic (exact) mass is 284 g/mol. The van der Waals surface area contributed by atoms with Crippen molar-refractivity contribution in [1.29, 1.82) is 0 Å². The van der Waals surface area contributed by atoms with Gasteiger partial charge in [0.15, 0.2) is 0 Å². The first kappa shape index (κ1) is 12.9. The van der Waals surface area contributed by atoms with E-state index >= 15 is 0 Å². The normalized spacial score (nSPS) is 14.2. The standard InChI is InChI=1S/C16H13ClN2O/c17-14-5-3-13(4-6-14)16-9-10-19(18-16)15-7-1-12(11-20)2-8-15/h1-8,11H,9-10H2. The molecule has 2 aromatic rings. The Hall–Kier alpha value is -2.13. The molecule has 1 heterocycles. The molecule has 0 spiro atoms. The smallest absolute Gasteiger partial charge is 0.150 e. The van der Waals surface area contributed by atoms with Crippen LogP contribution in [-0.2, 0) is 0 Å². The van der Waals surface area contributed by atoms with Crippen LogP contribution in [0.5, 0.6) is 0 Å². The topological polar surface area (TPSA) is 32.7 Å². The van der Waals surface area contributed by atoms with Crippen molar-refractivity contribution in [3.8, 4) is 0 Å². The molecule has 0 saturated heterocycles. The zero-order valence-corrected chi connectivity index (χ0v) is 11.5. The molecule has 20 heavy (non-hydrogen) atoms. The second-order valence-electron chi connectivity index (χ2n) is 4.64. The van der Waals surface area contributed by atoms with Crippen LogP contribution in [-0.4, -0.2) is 18.5 Å². The molecule has 0 N–H and O–H groups in total. The fourth-order valence-electron chi connectivity index (χ4n) is 2.21. The van der Waals surface area contributed by atoms with E-state index in [1.54, 1.807) is 12.1 Å². The first-order chi connectivity index (χ1) is 9.76. The zero-order chi connectivity index (χ0) is 13.9. The number of benzene rings is 2. The van der Waals surface area contributed by atoms with Gasteiger partial charge in [0, 0.05) is 23.6 Å². The molecule has 0 saturated carbocycles. The van der Waals surface area contributed by atoms with Gasteiger partial charge in [0.25, 0.3) is 0 Å². The number of carbonyl (C=O) groups excluding carboxylic acids is 1. The predicted molar refractivity (Wildman–Crippen MR) is 81.8 cm³/mol. The molecule has 0 unspecified atom stereocenters. The molecule has 0 atom stereocenters. The molecular weight excluding hydrogens is 272 g/mol. The summed E-state index contributed by atoms with van der Waals surface area (Å²) in [6.45, 7) is 0.846. The summed E-state index contributed by atoms with van der Waals surface area (Å²) in [4.78, 5) is 10.7. The summed E-state index contributed by atoms with van der Waals surface area (Å²) >= 11 is 5.89. The van der Waals surface area contributed by atoms with Gasteiger partial charge in [-0.2, -0.15) is 5.10 Å². The van der Waals surface area contributed by atoms with Crippen LogP contribution in [0.3, 0.4) is 0 Å². The molecule has 0 amide bonds. The van der Waals surface area contributed by atoms with Gasteiger partial charge in [-0.3, -0.25) is 9.80 Å². The van der Waals surface area contributed by atoms with E-state index < -0.39 is 0 Å². The third-order valence-corrected chi connectivity index (χ3v) is 3.56. The number of halogens is 1. The van der Waals surface area contributed by atoms with Crippen molar-refractivity contribution in [2.75, 3.05) is 11.6 Å². The second-order valence-corrected chi connectivity index (χ2v) is 5.07. The number of nitrogens with zero attached hydrogens (tertiary/aromatic N) is 2. The largest absolute Gasteiger partial charge is 0.298 e. The lowest BCUT2D eigenvalue weighted by Crippen LogP contribution is -2.11. The third-order valence-electron chi connectivity index (χ3n) is 3.31. The Balaban J connectivity index is 1.83. The molecule has 100 valence electrons. The summed E-state index contributed by atoms with van der Waals surface area (Å²) in [6, 6.07) is 15.2. The fraction of sp³-hybridized carbons (Fsp3) is 0.125. The predicted octanol–water partition coefficient (Wildman–Crippen LogP) is 3.77. The lowest BCUT2D eigenvalue weighted by molar-refractivity contribution is 0.112. The Bertz CT molecular complexity index is 647. The van der Waals surface area contributed by atoms with E-state index in [0.29, 0.717) is 5.56 Å². The van der Waals surface area contributed by atoms with Crippen molar-refractivity contribution >= 4 is 29.3 Å². The summed E-state index contributed by atoms with van der Waals surface area (Å²) in [7, 11) is 0. The highest BCUT2D eigenvalue weighted by molar-refractivity contribution is 6.30. The van der Waals surface area contributed by atoms with Crippen LogP contribution in [0.2, 0.25) is 5.02 Å². The van der Waals surface area contributed by atoms with Gasteiger partial charge in [-0.05, 0) is 42.0 Å². The van der Waals surface area contributed by atoms with Crippen LogP contribution < -0.4 is 5.01 Å². The number of anilines is 1. The van der Waals surface area contributed by atoms with Gasteiger partial charge in [0.05, 0.1) is 11.4 Å². The zero-order valence-electron chi connectivity index (χ0n) is 10.8. The molecule has 4 heteroatoms. The van der Waals surface area contributed by atoms with Gasteiger partial charge >= 0.3 is 0 Å². The van der Waals surface area contributed by atoms with E-state index in [9.17, 15) is 4.79 Å². The lowest BCUT2D eigenvalue weighted by atomic mass is 10.1.